The highest BCUT2D eigenvalue weighted by Crippen LogP contribution is 2.38. The van der Waals surface area contributed by atoms with Crippen LogP contribution in [0, 0.1) is 13.8 Å². The lowest BCUT2D eigenvalue weighted by Crippen LogP contribution is -2.37. The summed E-state index contributed by atoms with van der Waals surface area (Å²) in [6.07, 6.45) is 34.6. The summed E-state index contributed by atoms with van der Waals surface area (Å²) in [6, 6.07) is 0. The standard InChI is InChI=1S/C52H90NO11P/c1-8-10-25-32-46(54)33-27-21-17-16-18-22-28-34-47(55)35-31-39-52(57)63-48(43-62-65(58,59)61-41-40-53(5,6)7)42-60-51(56)38-30-24-20-15-13-12-14-19-23-29-37-50-45(4)44(3)49(64-50)36-26-11-9-2/h17-18,21-22,27-28,33-34,46-48,54-55H,8-16,19-20,23-26,29-32,35-43H2,1-7H3/b21-17-,22-18-,33-27+,34-28+/t46-,47-,48-/m1/s1. The van der Waals surface area contributed by atoms with Gasteiger partial charge < -0.3 is 42.5 Å². The highest BCUT2D eigenvalue weighted by atomic mass is 31.2. The van der Waals surface area contributed by atoms with Gasteiger partial charge in [-0.2, -0.15) is 0 Å². The Morgan fingerprint density at radius 3 is 1.71 bits per heavy atom. The van der Waals surface area contributed by atoms with E-state index < -0.39 is 44.7 Å². The molecule has 65 heavy (non-hydrogen) atoms. The highest BCUT2D eigenvalue weighted by molar-refractivity contribution is 7.45. The molecule has 0 aromatic carbocycles. The summed E-state index contributed by atoms with van der Waals surface area (Å²) in [4.78, 5) is 37.8. The van der Waals surface area contributed by atoms with Crippen LogP contribution in [0.15, 0.2) is 53.0 Å². The first kappa shape index (κ1) is 60.2. The fourth-order valence-corrected chi connectivity index (χ4v) is 7.72. The van der Waals surface area contributed by atoms with E-state index in [0.29, 0.717) is 36.7 Å². The molecule has 0 spiro atoms. The van der Waals surface area contributed by atoms with Crippen molar-refractivity contribution in [2.45, 2.75) is 200 Å². The molecular formula is C52H90NO11P. The topological polar surface area (TPSA) is 165 Å². The Balaban J connectivity index is 2.39. The van der Waals surface area contributed by atoms with Crippen molar-refractivity contribution < 1.29 is 56.7 Å². The average Bonchev–Trinajstić information content (AvgIpc) is 3.51. The quantitative estimate of drug-likeness (QED) is 0.0211. The summed E-state index contributed by atoms with van der Waals surface area (Å²) in [5.74, 6) is 1.27. The Hall–Kier alpha value is -2.83. The molecule has 1 rings (SSSR count). The summed E-state index contributed by atoms with van der Waals surface area (Å²) < 4.78 is 40.1. The van der Waals surface area contributed by atoms with Gasteiger partial charge in [-0.3, -0.25) is 14.2 Å². The zero-order valence-corrected chi connectivity index (χ0v) is 42.5. The monoisotopic (exact) mass is 936 g/mol. The highest BCUT2D eigenvalue weighted by Gasteiger charge is 2.22. The second kappa shape index (κ2) is 37.2. The minimum Gasteiger partial charge on any atom is -0.756 e. The van der Waals surface area contributed by atoms with Crippen LogP contribution < -0.4 is 4.89 Å². The SMILES string of the molecule is CCCCCc1oc(CCCCCCCCCCCCC(=O)OC[C@H](COP(=O)([O-])OCC[N+](C)(C)C)OC(=O)CCC[C@H](O)/C=C/C=C\C/C=C\C=C\[C@H](O)CCCCC)c(C)c1C. The van der Waals surface area contributed by atoms with Crippen LogP contribution in [0.25, 0.3) is 0 Å². The van der Waals surface area contributed by atoms with E-state index in [-0.39, 0.29) is 26.1 Å². The number of carbonyl (C=O) groups excluding carboxylic acids is 2. The fourth-order valence-electron chi connectivity index (χ4n) is 6.99. The maximum Gasteiger partial charge on any atom is 0.306 e. The number of quaternary nitrogens is 1. The number of aliphatic hydroxyl groups is 2. The Morgan fingerprint density at radius 2 is 1.15 bits per heavy atom. The van der Waals surface area contributed by atoms with Gasteiger partial charge in [0.25, 0.3) is 7.82 Å². The summed E-state index contributed by atoms with van der Waals surface area (Å²) >= 11 is 0. The lowest BCUT2D eigenvalue weighted by molar-refractivity contribution is -0.870. The number of esters is 2. The lowest BCUT2D eigenvalue weighted by Gasteiger charge is -2.28. The first-order chi connectivity index (χ1) is 31.1. The third-order valence-electron chi connectivity index (χ3n) is 11.3. The maximum absolute atomic E-state index is 12.7. The molecule has 0 bridgehead atoms. The predicted molar refractivity (Wildman–Crippen MR) is 260 cm³/mol. The number of nitrogens with zero attached hydrogens (tertiary/aromatic N) is 1. The van der Waals surface area contributed by atoms with Crippen molar-refractivity contribution in [3.63, 3.8) is 0 Å². The van der Waals surface area contributed by atoms with Gasteiger partial charge in [0.2, 0.25) is 0 Å². The van der Waals surface area contributed by atoms with Crippen LogP contribution in [0.5, 0.6) is 0 Å². The largest absolute Gasteiger partial charge is 0.756 e. The number of unbranched alkanes of at least 4 members (excludes halogenated alkanes) is 13. The van der Waals surface area contributed by atoms with Crippen molar-refractivity contribution in [3.8, 4) is 0 Å². The Labute approximate surface area is 394 Å². The molecule has 1 aromatic rings. The van der Waals surface area contributed by atoms with Crippen LogP contribution in [0.3, 0.4) is 0 Å². The summed E-state index contributed by atoms with van der Waals surface area (Å²) in [5.41, 5.74) is 2.67. The van der Waals surface area contributed by atoms with Crippen molar-refractivity contribution in [1.29, 1.82) is 0 Å². The van der Waals surface area contributed by atoms with Crippen LogP contribution >= 0.6 is 7.82 Å². The van der Waals surface area contributed by atoms with Crippen molar-refractivity contribution >= 4 is 19.8 Å². The zero-order valence-electron chi connectivity index (χ0n) is 41.6. The number of aliphatic hydroxyl groups excluding tert-OH is 2. The number of furan rings is 1. The Kier molecular flexibility index (Phi) is 34.4. The molecule has 13 heteroatoms. The average molecular weight is 936 g/mol. The molecule has 2 N–H and O–H groups in total. The van der Waals surface area contributed by atoms with Crippen molar-refractivity contribution in [1.82, 2.24) is 0 Å². The van der Waals surface area contributed by atoms with Crippen LogP contribution in [-0.4, -0.2) is 92.5 Å². The number of aryl methyl sites for hydroxylation is 2. The molecule has 0 saturated carbocycles. The van der Waals surface area contributed by atoms with Crippen LogP contribution in [0.1, 0.15) is 178 Å². The summed E-state index contributed by atoms with van der Waals surface area (Å²) in [6.45, 7) is 8.19. The first-order valence-corrected chi connectivity index (χ1v) is 26.4. The van der Waals surface area contributed by atoms with Crippen LogP contribution in [-0.2, 0) is 45.5 Å². The van der Waals surface area contributed by atoms with E-state index in [1.807, 2.05) is 51.5 Å². The van der Waals surface area contributed by atoms with Crippen molar-refractivity contribution in [2.75, 3.05) is 47.5 Å². The molecule has 0 saturated heterocycles. The number of phosphoric ester groups is 1. The minimum absolute atomic E-state index is 0.0307. The molecule has 1 heterocycles. The van der Waals surface area contributed by atoms with E-state index in [4.69, 9.17) is 22.9 Å². The third kappa shape index (κ3) is 34.2. The number of hydrogen-bond acceptors (Lipinski definition) is 11. The molecule has 0 fully saturated rings. The minimum atomic E-state index is -4.71. The smallest absolute Gasteiger partial charge is 0.306 e. The van der Waals surface area contributed by atoms with E-state index in [2.05, 4.69) is 27.7 Å². The second-order valence-corrected chi connectivity index (χ2v) is 19.9. The van der Waals surface area contributed by atoms with Crippen molar-refractivity contribution in [2.24, 2.45) is 0 Å². The molecule has 0 aliphatic heterocycles. The van der Waals surface area contributed by atoms with E-state index in [0.717, 1.165) is 64.2 Å². The number of phosphoric acid groups is 1. The number of likely N-dealkylation sites (N-methyl/N-ethyl adjacent to an activating group) is 1. The second-order valence-electron chi connectivity index (χ2n) is 18.5. The molecule has 374 valence electrons. The zero-order chi connectivity index (χ0) is 48.2. The first-order valence-electron chi connectivity index (χ1n) is 24.9. The molecule has 0 amide bonds. The van der Waals surface area contributed by atoms with E-state index in [9.17, 15) is 29.3 Å². The number of rotatable bonds is 41. The molecule has 4 atom stereocenters. The predicted octanol–water partition coefficient (Wildman–Crippen LogP) is 11.2. The number of allylic oxidation sites excluding steroid dienone is 6. The number of hydrogen-bond donors (Lipinski definition) is 2. The van der Waals surface area contributed by atoms with Gasteiger partial charge in [0.05, 0.1) is 40.0 Å². The van der Waals surface area contributed by atoms with Gasteiger partial charge in [-0.15, -0.1) is 0 Å². The van der Waals surface area contributed by atoms with Crippen LogP contribution in [0.4, 0.5) is 0 Å². The van der Waals surface area contributed by atoms with E-state index in [1.165, 1.54) is 74.0 Å². The Bertz CT molecular complexity index is 1560. The normalized spacial score (nSPS) is 14.8. The molecule has 0 aliphatic carbocycles. The van der Waals surface area contributed by atoms with Gasteiger partial charge >= 0.3 is 11.9 Å². The number of ether oxygens (including phenoxy) is 2. The summed E-state index contributed by atoms with van der Waals surface area (Å²) in [5, 5.41) is 20.3. The van der Waals surface area contributed by atoms with E-state index >= 15 is 0 Å². The molecule has 0 radical (unpaired) electrons. The van der Waals surface area contributed by atoms with Gasteiger partial charge in [0.1, 0.15) is 31.3 Å². The molecular weight excluding hydrogens is 846 g/mol. The maximum atomic E-state index is 12.7. The molecule has 12 nitrogen and oxygen atoms in total. The van der Waals surface area contributed by atoms with E-state index in [1.54, 1.807) is 18.2 Å². The van der Waals surface area contributed by atoms with Gasteiger partial charge in [0, 0.05) is 25.7 Å². The van der Waals surface area contributed by atoms with Crippen LogP contribution in [0.2, 0.25) is 0 Å². The third-order valence-corrected chi connectivity index (χ3v) is 12.2. The van der Waals surface area contributed by atoms with Gasteiger partial charge in [0.15, 0.2) is 6.10 Å². The molecule has 0 aliphatic rings. The Morgan fingerprint density at radius 1 is 0.662 bits per heavy atom. The van der Waals surface area contributed by atoms with Gasteiger partial charge in [-0.1, -0.05) is 146 Å². The lowest BCUT2D eigenvalue weighted by atomic mass is 10.0. The fraction of sp³-hybridized carbons (Fsp3) is 0.731. The molecule has 1 aromatic heterocycles. The summed E-state index contributed by atoms with van der Waals surface area (Å²) in [7, 11) is 0.999. The molecule has 1 unspecified atom stereocenters. The van der Waals surface area contributed by atoms with Gasteiger partial charge in [-0.05, 0) is 69.9 Å². The van der Waals surface area contributed by atoms with Crippen molar-refractivity contribution in [3.05, 3.63) is 71.3 Å². The van der Waals surface area contributed by atoms with Gasteiger partial charge in [-0.25, -0.2) is 0 Å². The number of carbonyl (C=O) groups is 2.